The lowest BCUT2D eigenvalue weighted by Crippen LogP contribution is -2.26. The molecule has 0 fully saturated rings. The SMILES string of the molecule is CCCCNC(=O)CCNc1c(Cl)cccc1Cl. The van der Waals surface area contributed by atoms with E-state index in [2.05, 4.69) is 17.6 Å². The summed E-state index contributed by atoms with van der Waals surface area (Å²) in [6.07, 6.45) is 2.49. The van der Waals surface area contributed by atoms with Gasteiger partial charge in [-0.15, -0.1) is 0 Å². The smallest absolute Gasteiger partial charge is 0.221 e. The van der Waals surface area contributed by atoms with Crippen LogP contribution in [0.15, 0.2) is 18.2 Å². The molecule has 1 amide bonds. The monoisotopic (exact) mass is 288 g/mol. The minimum absolute atomic E-state index is 0.0409. The number of rotatable bonds is 7. The third-order valence-corrected chi connectivity index (χ3v) is 3.10. The predicted molar refractivity (Wildman–Crippen MR) is 77.5 cm³/mol. The zero-order valence-electron chi connectivity index (χ0n) is 10.4. The summed E-state index contributed by atoms with van der Waals surface area (Å²) in [5.74, 6) is 0.0409. The Labute approximate surface area is 118 Å². The first-order valence-electron chi connectivity index (χ1n) is 6.09. The lowest BCUT2D eigenvalue weighted by atomic mass is 10.3. The maximum atomic E-state index is 11.5. The molecule has 0 heterocycles. The van der Waals surface area contributed by atoms with E-state index in [1.54, 1.807) is 18.2 Å². The highest BCUT2D eigenvalue weighted by Gasteiger charge is 2.05. The first kappa shape index (κ1) is 15.1. The van der Waals surface area contributed by atoms with Crippen molar-refractivity contribution in [2.75, 3.05) is 18.4 Å². The highest BCUT2D eigenvalue weighted by atomic mass is 35.5. The summed E-state index contributed by atoms with van der Waals surface area (Å²) in [4.78, 5) is 11.5. The Kier molecular flexibility index (Phi) is 6.91. The van der Waals surface area contributed by atoms with E-state index in [4.69, 9.17) is 23.2 Å². The predicted octanol–water partition coefficient (Wildman–Crippen LogP) is 3.71. The van der Waals surface area contributed by atoms with Gasteiger partial charge in [0.2, 0.25) is 5.91 Å². The standard InChI is InChI=1S/C13H18Cl2N2O/c1-2-3-8-16-12(18)7-9-17-13-10(14)5-4-6-11(13)15/h4-6,17H,2-3,7-9H2,1H3,(H,16,18). The number of anilines is 1. The van der Waals surface area contributed by atoms with Crippen molar-refractivity contribution in [2.24, 2.45) is 0 Å². The van der Waals surface area contributed by atoms with Gasteiger partial charge in [0.05, 0.1) is 15.7 Å². The Balaban J connectivity index is 2.31. The van der Waals surface area contributed by atoms with Crippen LogP contribution in [0.3, 0.4) is 0 Å². The molecule has 2 N–H and O–H groups in total. The number of nitrogens with one attached hydrogen (secondary N) is 2. The maximum Gasteiger partial charge on any atom is 0.221 e. The maximum absolute atomic E-state index is 11.5. The minimum atomic E-state index is 0.0409. The van der Waals surface area contributed by atoms with Gasteiger partial charge < -0.3 is 10.6 Å². The van der Waals surface area contributed by atoms with Gasteiger partial charge in [-0.1, -0.05) is 42.6 Å². The Bertz CT molecular complexity index is 376. The Morgan fingerprint density at radius 3 is 2.50 bits per heavy atom. The minimum Gasteiger partial charge on any atom is -0.382 e. The molecule has 1 aromatic rings. The summed E-state index contributed by atoms with van der Waals surface area (Å²) in [7, 11) is 0. The summed E-state index contributed by atoms with van der Waals surface area (Å²) in [5, 5.41) is 7.06. The van der Waals surface area contributed by atoms with Gasteiger partial charge in [0, 0.05) is 19.5 Å². The van der Waals surface area contributed by atoms with E-state index in [1.165, 1.54) is 0 Å². The Morgan fingerprint density at radius 2 is 1.89 bits per heavy atom. The molecule has 0 atom stereocenters. The molecule has 100 valence electrons. The van der Waals surface area contributed by atoms with Gasteiger partial charge in [0.1, 0.15) is 0 Å². The molecule has 1 aromatic carbocycles. The molecule has 0 aromatic heterocycles. The summed E-state index contributed by atoms with van der Waals surface area (Å²) in [6, 6.07) is 5.31. The highest BCUT2D eigenvalue weighted by Crippen LogP contribution is 2.29. The molecular weight excluding hydrogens is 271 g/mol. The molecule has 5 heteroatoms. The van der Waals surface area contributed by atoms with Crippen LogP contribution in [0.4, 0.5) is 5.69 Å². The number of benzene rings is 1. The number of carbonyl (C=O) groups excluding carboxylic acids is 1. The first-order chi connectivity index (χ1) is 8.65. The molecule has 0 spiro atoms. The number of amides is 1. The summed E-state index contributed by atoms with van der Waals surface area (Å²) < 4.78 is 0. The van der Waals surface area contributed by atoms with Crippen LogP contribution in [0.5, 0.6) is 0 Å². The summed E-state index contributed by atoms with van der Waals surface area (Å²) in [5.41, 5.74) is 0.683. The fraction of sp³-hybridized carbons (Fsp3) is 0.462. The third kappa shape index (κ3) is 5.15. The molecule has 18 heavy (non-hydrogen) atoms. The van der Waals surface area contributed by atoms with Gasteiger partial charge in [0.25, 0.3) is 0 Å². The van der Waals surface area contributed by atoms with E-state index >= 15 is 0 Å². The molecule has 0 saturated carbocycles. The number of halogens is 2. The lowest BCUT2D eigenvalue weighted by Gasteiger charge is -2.10. The Morgan fingerprint density at radius 1 is 1.22 bits per heavy atom. The van der Waals surface area contributed by atoms with Crippen molar-refractivity contribution < 1.29 is 4.79 Å². The van der Waals surface area contributed by atoms with Crippen LogP contribution >= 0.6 is 23.2 Å². The fourth-order valence-electron chi connectivity index (χ4n) is 1.46. The van der Waals surface area contributed by atoms with Crippen LogP contribution in [-0.2, 0) is 4.79 Å². The fourth-order valence-corrected chi connectivity index (χ4v) is 1.99. The number of hydrogen-bond donors (Lipinski definition) is 2. The summed E-state index contributed by atoms with van der Waals surface area (Å²) >= 11 is 12.0. The molecule has 1 rings (SSSR count). The second-order valence-corrected chi connectivity index (χ2v) is 4.79. The van der Waals surface area contributed by atoms with Gasteiger partial charge in [-0.2, -0.15) is 0 Å². The van der Waals surface area contributed by atoms with Crippen LogP contribution in [0, 0.1) is 0 Å². The average molecular weight is 289 g/mol. The second kappa shape index (κ2) is 8.22. The first-order valence-corrected chi connectivity index (χ1v) is 6.85. The van der Waals surface area contributed by atoms with E-state index < -0.39 is 0 Å². The lowest BCUT2D eigenvalue weighted by molar-refractivity contribution is -0.120. The molecule has 0 radical (unpaired) electrons. The van der Waals surface area contributed by atoms with Crippen LogP contribution in [-0.4, -0.2) is 19.0 Å². The zero-order chi connectivity index (χ0) is 13.4. The summed E-state index contributed by atoms with van der Waals surface area (Å²) in [6.45, 7) is 3.34. The highest BCUT2D eigenvalue weighted by molar-refractivity contribution is 6.39. The normalized spacial score (nSPS) is 10.2. The van der Waals surface area contributed by atoms with E-state index in [0.29, 0.717) is 28.7 Å². The quantitative estimate of drug-likeness (QED) is 0.751. The van der Waals surface area contributed by atoms with E-state index in [-0.39, 0.29) is 5.91 Å². The molecule has 3 nitrogen and oxygen atoms in total. The van der Waals surface area contributed by atoms with Crippen LogP contribution in [0.1, 0.15) is 26.2 Å². The third-order valence-electron chi connectivity index (χ3n) is 2.47. The van der Waals surface area contributed by atoms with Gasteiger partial charge in [-0.05, 0) is 18.6 Å². The van der Waals surface area contributed by atoms with Gasteiger partial charge in [0.15, 0.2) is 0 Å². The second-order valence-electron chi connectivity index (χ2n) is 3.98. The number of hydrogen-bond acceptors (Lipinski definition) is 2. The topological polar surface area (TPSA) is 41.1 Å². The van der Waals surface area contributed by atoms with Gasteiger partial charge in [-0.25, -0.2) is 0 Å². The largest absolute Gasteiger partial charge is 0.382 e. The van der Waals surface area contributed by atoms with Crippen LogP contribution in [0.25, 0.3) is 0 Å². The van der Waals surface area contributed by atoms with Gasteiger partial charge >= 0.3 is 0 Å². The number of para-hydroxylation sites is 1. The molecule has 0 bridgehead atoms. The van der Waals surface area contributed by atoms with Gasteiger partial charge in [-0.3, -0.25) is 4.79 Å². The van der Waals surface area contributed by atoms with Crippen molar-refractivity contribution in [3.63, 3.8) is 0 Å². The van der Waals surface area contributed by atoms with Crippen molar-refractivity contribution in [3.05, 3.63) is 28.2 Å². The van der Waals surface area contributed by atoms with Crippen molar-refractivity contribution in [1.82, 2.24) is 5.32 Å². The molecule has 0 aliphatic rings. The van der Waals surface area contributed by atoms with Crippen LogP contribution in [0.2, 0.25) is 10.0 Å². The molecule has 0 aliphatic heterocycles. The van der Waals surface area contributed by atoms with E-state index in [1.807, 2.05) is 0 Å². The van der Waals surface area contributed by atoms with Crippen molar-refractivity contribution in [3.8, 4) is 0 Å². The number of unbranched alkanes of at least 4 members (excludes halogenated alkanes) is 1. The molecule has 0 unspecified atom stereocenters. The van der Waals surface area contributed by atoms with E-state index in [0.717, 1.165) is 19.4 Å². The zero-order valence-corrected chi connectivity index (χ0v) is 11.9. The van der Waals surface area contributed by atoms with Crippen molar-refractivity contribution in [1.29, 1.82) is 0 Å². The number of carbonyl (C=O) groups is 1. The molecular formula is C13H18Cl2N2O. The van der Waals surface area contributed by atoms with Crippen molar-refractivity contribution in [2.45, 2.75) is 26.2 Å². The van der Waals surface area contributed by atoms with E-state index in [9.17, 15) is 4.79 Å². The molecule has 0 aliphatic carbocycles. The molecule has 0 saturated heterocycles. The average Bonchev–Trinajstić information content (AvgIpc) is 2.33. The Hall–Kier alpha value is -0.930. The van der Waals surface area contributed by atoms with Crippen molar-refractivity contribution >= 4 is 34.8 Å². The van der Waals surface area contributed by atoms with Crippen LogP contribution < -0.4 is 10.6 Å².